The van der Waals surface area contributed by atoms with E-state index in [1.807, 2.05) is 39.8 Å². The van der Waals surface area contributed by atoms with Crippen molar-refractivity contribution >= 4 is 16.6 Å². The standard InChI is InChI=1S/C26H27F3N4O3/c1-14-5-7-21-19(6-8-22(34)33(21)11-26(27,28)29)23(14)20-10-18(24-16(3)32-36-17(24)4)9-15(2)25(20)31-13-35-12-30/h5-10,31H,11-13,30H2,1-4H3. The number of nitrogens with zero attached hydrogens (tertiary/aromatic N) is 2. The van der Waals surface area contributed by atoms with Crippen LogP contribution in [0.2, 0.25) is 0 Å². The molecule has 3 N–H and O–H groups in total. The van der Waals surface area contributed by atoms with E-state index in [0.29, 0.717) is 16.7 Å². The predicted octanol–water partition coefficient (Wildman–Crippen LogP) is 5.42. The van der Waals surface area contributed by atoms with Crippen molar-refractivity contribution in [2.75, 3.05) is 18.8 Å². The second-order valence-electron chi connectivity index (χ2n) is 8.67. The summed E-state index contributed by atoms with van der Waals surface area (Å²) in [7, 11) is 0. The highest BCUT2D eigenvalue weighted by Crippen LogP contribution is 2.41. The molecule has 0 aliphatic rings. The number of fused-ring (bicyclic) bond motifs is 1. The van der Waals surface area contributed by atoms with Gasteiger partial charge in [0.1, 0.15) is 19.0 Å². The molecule has 0 amide bonds. The Morgan fingerprint density at radius 3 is 2.44 bits per heavy atom. The number of nitrogens with two attached hydrogens (primary N) is 1. The van der Waals surface area contributed by atoms with Crippen LogP contribution in [0.4, 0.5) is 18.9 Å². The molecule has 4 aromatic rings. The zero-order valence-electron chi connectivity index (χ0n) is 20.4. The van der Waals surface area contributed by atoms with Gasteiger partial charge in [0.25, 0.3) is 5.56 Å². The topological polar surface area (TPSA) is 95.3 Å². The Hall–Kier alpha value is -3.63. The summed E-state index contributed by atoms with van der Waals surface area (Å²) >= 11 is 0. The Bertz CT molecular complexity index is 1470. The summed E-state index contributed by atoms with van der Waals surface area (Å²) in [4.78, 5) is 12.4. The van der Waals surface area contributed by atoms with Gasteiger partial charge in [-0.3, -0.25) is 9.36 Å². The maximum Gasteiger partial charge on any atom is 0.406 e. The van der Waals surface area contributed by atoms with E-state index in [2.05, 4.69) is 10.5 Å². The summed E-state index contributed by atoms with van der Waals surface area (Å²) in [5, 5.41) is 7.84. The molecule has 4 rings (SSSR count). The molecule has 0 bridgehead atoms. The van der Waals surface area contributed by atoms with Crippen molar-refractivity contribution in [2.24, 2.45) is 5.73 Å². The number of pyridine rings is 1. The summed E-state index contributed by atoms with van der Waals surface area (Å²) in [5.74, 6) is 0.652. The summed E-state index contributed by atoms with van der Waals surface area (Å²) in [5.41, 5.74) is 11.3. The number of benzene rings is 2. The first-order valence-electron chi connectivity index (χ1n) is 11.3. The molecule has 0 unspecified atom stereocenters. The van der Waals surface area contributed by atoms with Gasteiger partial charge in [0.2, 0.25) is 0 Å². The molecule has 0 aliphatic heterocycles. The number of anilines is 1. The second kappa shape index (κ2) is 9.79. The molecule has 36 heavy (non-hydrogen) atoms. The molecule has 0 aliphatic carbocycles. The predicted molar refractivity (Wildman–Crippen MR) is 133 cm³/mol. The van der Waals surface area contributed by atoms with Crippen molar-refractivity contribution in [1.82, 2.24) is 9.72 Å². The van der Waals surface area contributed by atoms with E-state index in [1.54, 1.807) is 18.2 Å². The van der Waals surface area contributed by atoms with Gasteiger partial charge in [-0.1, -0.05) is 11.2 Å². The molecule has 2 heterocycles. The number of aromatic nitrogens is 2. The van der Waals surface area contributed by atoms with Crippen LogP contribution in [0.1, 0.15) is 22.6 Å². The number of aryl methyl sites for hydroxylation is 4. The molecule has 0 atom stereocenters. The van der Waals surface area contributed by atoms with Crippen molar-refractivity contribution in [2.45, 2.75) is 40.4 Å². The molecule has 2 aromatic heterocycles. The number of nitrogens with one attached hydrogen (secondary N) is 1. The third kappa shape index (κ3) is 4.87. The Balaban J connectivity index is 2.05. The number of halogens is 3. The summed E-state index contributed by atoms with van der Waals surface area (Å²) in [6, 6.07) is 9.96. The number of hydrogen-bond donors (Lipinski definition) is 2. The summed E-state index contributed by atoms with van der Waals surface area (Å²) in [6.07, 6.45) is -4.55. The molecule has 10 heteroatoms. The zero-order chi connectivity index (χ0) is 26.2. The molecule has 0 spiro atoms. The monoisotopic (exact) mass is 500 g/mol. The van der Waals surface area contributed by atoms with Gasteiger partial charge >= 0.3 is 6.18 Å². The minimum absolute atomic E-state index is 0.0234. The first kappa shape index (κ1) is 25.5. The number of rotatable bonds is 7. The normalized spacial score (nSPS) is 11.9. The fourth-order valence-corrected chi connectivity index (χ4v) is 4.63. The molecule has 0 saturated heterocycles. The smallest absolute Gasteiger partial charge is 0.362 e. The molecule has 2 aromatic carbocycles. The van der Waals surface area contributed by atoms with Crippen molar-refractivity contribution in [1.29, 1.82) is 0 Å². The van der Waals surface area contributed by atoms with Crippen LogP contribution in [0.15, 0.2) is 45.7 Å². The molecular formula is C26H27F3N4O3. The quantitative estimate of drug-likeness (QED) is 0.260. The maximum atomic E-state index is 13.3. The van der Waals surface area contributed by atoms with Crippen LogP contribution in [0, 0.1) is 27.7 Å². The number of alkyl halides is 3. The highest BCUT2D eigenvalue weighted by Gasteiger charge is 2.29. The second-order valence-corrected chi connectivity index (χ2v) is 8.67. The van der Waals surface area contributed by atoms with Crippen LogP contribution in [0.3, 0.4) is 0 Å². The van der Waals surface area contributed by atoms with Crippen molar-refractivity contribution < 1.29 is 22.4 Å². The van der Waals surface area contributed by atoms with Crippen LogP contribution < -0.4 is 16.6 Å². The Morgan fingerprint density at radius 1 is 1.06 bits per heavy atom. The lowest BCUT2D eigenvalue weighted by Gasteiger charge is -2.21. The van der Waals surface area contributed by atoms with Gasteiger partial charge in [0, 0.05) is 28.3 Å². The van der Waals surface area contributed by atoms with Gasteiger partial charge in [-0.25, -0.2) is 0 Å². The van der Waals surface area contributed by atoms with Gasteiger partial charge in [0.05, 0.1) is 17.9 Å². The summed E-state index contributed by atoms with van der Waals surface area (Å²) < 4.78 is 51.4. The fraction of sp³-hybridized carbons (Fsp3) is 0.308. The van der Waals surface area contributed by atoms with E-state index in [9.17, 15) is 18.0 Å². The average Bonchev–Trinajstić information content (AvgIpc) is 3.14. The molecule has 0 fully saturated rings. The molecule has 0 saturated carbocycles. The van der Waals surface area contributed by atoms with Crippen LogP contribution in [0.5, 0.6) is 0 Å². The lowest BCUT2D eigenvalue weighted by molar-refractivity contribution is -0.140. The van der Waals surface area contributed by atoms with Crippen LogP contribution in [-0.2, 0) is 11.3 Å². The maximum absolute atomic E-state index is 13.3. The number of hydrogen-bond acceptors (Lipinski definition) is 6. The SMILES string of the molecule is Cc1cc(-c2c(C)noc2C)cc(-c2c(C)ccc3c2ccc(=O)n3CC(F)(F)F)c1NCOCN. The lowest BCUT2D eigenvalue weighted by Crippen LogP contribution is -2.27. The van der Waals surface area contributed by atoms with E-state index in [0.717, 1.165) is 43.8 Å². The van der Waals surface area contributed by atoms with Gasteiger partial charge in [-0.15, -0.1) is 0 Å². The average molecular weight is 501 g/mol. The van der Waals surface area contributed by atoms with E-state index in [1.165, 1.54) is 6.07 Å². The highest BCUT2D eigenvalue weighted by molar-refractivity contribution is 6.01. The minimum atomic E-state index is -4.55. The van der Waals surface area contributed by atoms with Gasteiger partial charge in [-0.2, -0.15) is 13.2 Å². The number of ether oxygens (including phenoxy) is 1. The Kier molecular flexibility index (Phi) is 6.92. The Morgan fingerprint density at radius 2 is 1.81 bits per heavy atom. The van der Waals surface area contributed by atoms with Gasteiger partial charge < -0.3 is 20.3 Å². The highest BCUT2D eigenvalue weighted by atomic mass is 19.4. The van der Waals surface area contributed by atoms with E-state index >= 15 is 0 Å². The zero-order valence-corrected chi connectivity index (χ0v) is 20.4. The van der Waals surface area contributed by atoms with E-state index in [4.69, 9.17) is 15.0 Å². The minimum Gasteiger partial charge on any atom is -0.362 e. The molecule has 7 nitrogen and oxygen atoms in total. The van der Waals surface area contributed by atoms with Gasteiger partial charge in [0.15, 0.2) is 0 Å². The first-order valence-corrected chi connectivity index (χ1v) is 11.3. The third-order valence-corrected chi connectivity index (χ3v) is 6.11. The van der Waals surface area contributed by atoms with Crippen molar-refractivity contribution in [3.63, 3.8) is 0 Å². The van der Waals surface area contributed by atoms with Gasteiger partial charge in [-0.05, 0) is 74.2 Å². The summed E-state index contributed by atoms with van der Waals surface area (Å²) in [6.45, 7) is 6.26. The lowest BCUT2D eigenvalue weighted by atomic mass is 9.89. The molecule has 0 radical (unpaired) electrons. The largest absolute Gasteiger partial charge is 0.406 e. The molecule has 190 valence electrons. The fourth-order valence-electron chi connectivity index (χ4n) is 4.63. The van der Waals surface area contributed by atoms with E-state index in [-0.39, 0.29) is 19.0 Å². The van der Waals surface area contributed by atoms with Crippen molar-refractivity contribution in [3.8, 4) is 22.3 Å². The van der Waals surface area contributed by atoms with Crippen LogP contribution in [-0.4, -0.2) is 29.4 Å². The van der Waals surface area contributed by atoms with Crippen molar-refractivity contribution in [3.05, 3.63) is 69.3 Å². The Labute approximate surface area is 205 Å². The first-order chi connectivity index (χ1) is 17.0. The third-order valence-electron chi connectivity index (χ3n) is 6.11. The van der Waals surface area contributed by atoms with Crippen LogP contribution in [0.25, 0.3) is 33.2 Å². The van der Waals surface area contributed by atoms with E-state index < -0.39 is 18.3 Å². The van der Waals surface area contributed by atoms with Crippen LogP contribution >= 0.6 is 0 Å². The molecular weight excluding hydrogens is 473 g/mol.